The van der Waals surface area contributed by atoms with Crippen molar-refractivity contribution in [3.05, 3.63) is 204 Å². The Balaban J connectivity index is 0.712. The molecule has 5 aromatic heterocycles. The number of pyridine rings is 4. The molecule has 3 aliphatic heterocycles. The Morgan fingerprint density at radius 3 is 1.48 bits per heavy atom. The minimum Gasteiger partial charge on any atom is -0.456 e. The van der Waals surface area contributed by atoms with E-state index in [4.69, 9.17) is 19.4 Å². The molecule has 466 valence electrons. The molecule has 0 spiro atoms. The molecule has 3 aliphatic rings. The Morgan fingerprint density at radius 1 is 0.478 bits per heavy atom. The average molecular weight is 1240 g/mol. The Morgan fingerprint density at radius 2 is 0.967 bits per heavy atom. The number of alkyl halides is 6. The maximum atomic E-state index is 14.4. The summed E-state index contributed by atoms with van der Waals surface area (Å²) in [5.41, 5.74) is 4.17. The molecule has 11 rings (SSSR count). The highest BCUT2D eigenvalue weighted by Crippen LogP contribution is 2.38. The van der Waals surface area contributed by atoms with Gasteiger partial charge in [-0.15, -0.1) is 13.2 Å². The van der Waals surface area contributed by atoms with Gasteiger partial charge in [-0.05, 0) is 186 Å². The average Bonchev–Trinajstić information content (AvgIpc) is 1.63. The van der Waals surface area contributed by atoms with E-state index in [-0.39, 0.29) is 54.9 Å². The molecule has 2 unspecified atom stereocenters. The molecule has 0 bridgehead atoms. The second-order valence-corrected chi connectivity index (χ2v) is 22.4. The van der Waals surface area contributed by atoms with Crippen LogP contribution in [0.1, 0.15) is 96.5 Å². The van der Waals surface area contributed by atoms with E-state index in [1.165, 1.54) is 24.4 Å². The van der Waals surface area contributed by atoms with Crippen molar-refractivity contribution in [2.24, 2.45) is 0 Å². The van der Waals surface area contributed by atoms with Gasteiger partial charge in [-0.1, -0.05) is 12.5 Å². The van der Waals surface area contributed by atoms with Crippen LogP contribution in [0.2, 0.25) is 0 Å². The first-order chi connectivity index (χ1) is 43.4. The van der Waals surface area contributed by atoms with Crippen LogP contribution in [0.15, 0.2) is 165 Å². The lowest BCUT2D eigenvalue weighted by molar-refractivity contribution is -0.274. The lowest BCUT2D eigenvalue weighted by atomic mass is 9.87. The smallest absolute Gasteiger partial charge is 0.456 e. The van der Waals surface area contributed by atoms with Crippen LogP contribution >= 0.6 is 0 Å². The van der Waals surface area contributed by atoms with Crippen LogP contribution in [0.5, 0.6) is 28.7 Å². The molecule has 5 atom stereocenters. The van der Waals surface area contributed by atoms with Crippen LogP contribution in [-0.4, -0.2) is 106 Å². The third-order valence-electron chi connectivity index (χ3n) is 16.3. The zero-order valence-corrected chi connectivity index (χ0v) is 48.9. The second-order valence-electron chi connectivity index (χ2n) is 22.4. The van der Waals surface area contributed by atoms with Gasteiger partial charge in [0, 0.05) is 84.7 Å². The molecule has 18 nitrogen and oxygen atoms in total. The number of piperidine rings is 3. The van der Waals surface area contributed by atoms with E-state index in [0.29, 0.717) is 84.7 Å². The Labute approximate surface area is 515 Å². The molecule has 0 saturated carbocycles. The molecule has 0 radical (unpaired) electrons. The number of carbonyl (C=O) groups excluding carboxylic acids is 3. The molecule has 90 heavy (non-hydrogen) atoms. The normalized spacial score (nSPS) is 19.3. The van der Waals surface area contributed by atoms with Crippen LogP contribution < -0.4 is 30.2 Å². The quantitative estimate of drug-likeness (QED) is 0.0645. The predicted molar refractivity (Wildman–Crippen MR) is 321 cm³/mol. The number of aromatic nitrogens is 6. The number of rotatable bonds is 19. The van der Waals surface area contributed by atoms with Crippen LogP contribution in [-0.2, 0) is 40.2 Å². The summed E-state index contributed by atoms with van der Waals surface area (Å²) in [5.74, 6) is 0.181. The van der Waals surface area contributed by atoms with Gasteiger partial charge >= 0.3 is 12.5 Å². The number of hydrogen-bond donors (Lipinski definition) is 3. The Kier molecular flexibility index (Phi) is 19.3. The number of hydrogen-bond acceptors (Lipinski definition) is 15. The number of anilines is 3. The molecule has 0 aliphatic carbocycles. The highest BCUT2D eigenvalue weighted by Gasteiger charge is 2.40. The Bertz CT molecular complexity index is 3720. The van der Waals surface area contributed by atoms with E-state index in [1.54, 1.807) is 103 Å². The fraction of sp³-hybridized carbons (Fsp3) is 0.318. The van der Waals surface area contributed by atoms with Gasteiger partial charge in [-0.2, -0.15) is 13.2 Å². The van der Waals surface area contributed by atoms with Crippen molar-refractivity contribution in [1.29, 1.82) is 0 Å². The molecule has 3 fully saturated rings. The van der Waals surface area contributed by atoms with Crippen molar-refractivity contribution in [3.8, 4) is 28.7 Å². The molecule has 3 aromatic carbocycles. The van der Waals surface area contributed by atoms with Crippen LogP contribution in [0.25, 0.3) is 0 Å². The molecular formula is C66H64F6N12O6. The topological polar surface area (TPSA) is 202 Å². The van der Waals surface area contributed by atoms with Gasteiger partial charge in [0.25, 0.3) is 0 Å². The third-order valence-corrected chi connectivity index (χ3v) is 16.3. The molecule has 3 amide bonds. The van der Waals surface area contributed by atoms with E-state index < -0.39 is 41.8 Å². The van der Waals surface area contributed by atoms with E-state index in [1.807, 2.05) is 36.1 Å². The lowest BCUT2D eigenvalue weighted by Gasteiger charge is -2.38. The van der Waals surface area contributed by atoms with Gasteiger partial charge < -0.3 is 30.2 Å². The van der Waals surface area contributed by atoms with Crippen LogP contribution in [0.4, 0.5) is 43.4 Å². The maximum absolute atomic E-state index is 14.4. The number of nitrogens with zero attached hydrogens (tertiary/aromatic N) is 9. The molecular weight excluding hydrogens is 1170 g/mol. The fourth-order valence-corrected chi connectivity index (χ4v) is 11.8. The predicted octanol–water partition coefficient (Wildman–Crippen LogP) is 12.6. The third kappa shape index (κ3) is 16.3. The number of nitrogens with one attached hydrogen (secondary N) is 3. The van der Waals surface area contributed by atoms with Crippen molar-refractivity contribution in [2.45, 2.75) is 114 Å². The number of likely N-dealkylation sites (tertiary alicyclic amines) is 3. The largest absolute Gasteiger partial charge is 0.573 e. The first-order valence-corrected chi connectivity index (χ1v) is 29.6. The van der Waals surface area contributed by atoms with E-state index in [2.05, 4.69) is 45.5 Å². The van der Waals surface area contributed by atoms with Crippen LogP contribution in [0, 0.1) is 6.92 Å². The van der Waals surface area contributed by atoms with Gasteiger partial charge in [0.2, 0.25) is 17.7 Å². The van der Waals surface area contributed by atoms with Crippen molar-refractivity contribution in [2.75, 3.05) is 35.6 Å². The van der Waals surface area contributed by atoms with Crippen molar-refractivity contribution < 1.29 is 54.9 Å². The van der Waals surface area contributed by atoms with Crippen molar-refractivity contribution in [1.82, 2.24) is 44.6 Å². The Hall–Kier alpha value is -9.39. The van der Waals surface area contributed by atoms with Crippen LogP contribution in [0.3, 0.4) is 0 Å². The number of halogens is 6. The first-order valence-electron chi connectivity index (χ1n) is 29.6. The number of ether oxygens (including phenoxy) is 3. The SMILES string of the molecule is Cc1nccnc1CN1CCCC[C@@H]1C(=O)Nc1ccc(Oc2ccc(C3CCN(Cc4ncccc4C(F)(F)F)[C@@H](C(=O)Nc4ccc(Oc5ccc(C6CCN(Cc7ccccn7)[C@@H](C(=O)Nc7ccc(OC(F)(F)F)cc7)C6)nc5)cc4)C3)nc2)cc1. The second kappa shape index (κ2) is 28.0. The maximum Gasteiger partial charge on any atom is 0.573 e. The summed E-state index contributed by atoms with van der Waals surface area (Å²) in [4.78, 5) is 74.6. The minimum atomic E-state index is -4.85. The van der Waals surface area contributed by atoms with Crippen molar-refractivity contribution in [3.63, 3.8) is 0 Å². The molecule has 8 heterocycles. The number of carbonyl (C=O) groups is 3. The van der Waals surface area contributed by atoms with Gasteiger partial charge in [0.15, 0.2) is 0 Å². The highest BCUT2D eigenvalue weighted by molar-refractivity contribution is 5.96. The molecule has 8 aromatic rings. The summed E-state index contributed by atoms with van der Waals surface area (Å²) in [5, 5.41) is 8.88. The zero-order valence-electron chi connectivity index (χ0n) is 48.9. The summed E-state index contributed by atoms with van der Waals surface area (Å²) >= 11 is 0. The summed E-state index contributed by atoms with van der Waals surface area (Å²) in [7, 11) is 0. The van der Waals surface area contributed by atoms with Gasteiger partial charge in [-0.3, -0.25) is 59.0 Å². The van der Waals surface area contributed by atoms with Gasteiger partial charge in [0.1, 0.15) is 28.7 Å². The summed E-state index contributed by atoms with van der Waals surface area (Å²) in [6.45, 7) is 4.20. The number of benzene rings is 3. The summed E-state index contributed by atoms with van der Waals surface area (Å²) in [6.07, 6.45) is 4.45. The van der Waals surface area contributed by atoms with E-state index in [9.17, 15) is 40.7 Å². The lowest BCUT2D eigenvalue weighted by Crippen LogP contribution is -2.48. The highest BCUT2D eigenvalue weighted by atomic mass is 19.4. The summed E-state index contributed by atoms with van der Waals surface area (Å²) < 4.78 is 97.4. The molecule has 24 heteroatoms. The minimum absolute atomic E-state index is 0.0937. The van der Waals surface area contributed by atoms with E-state index in [0.717, 1.165) is 66.8 Å². The number of aryl methyl sites for hydroxylation is 1. The fourth-order valence-electron chi connectivity index (χ4n) is 11.8. The number of amides is 3. The molecule has 3 N–H and O–H groups in total. The van der Waals surface area contributed by atoms with Crippen molar-refractivity contribution >= 4 is 34.8 Å². The molecule has 3 saturated heterocycles. The monoisotopic (exact) mass is 1230 g/mol. The summed E-state index contributed by atoms with van der Waals surface area (Å²) in [6, 6.07) is 31.8. The van der Waals surface area contributed by atoms with E-state index >= 15 is 0 Å². The first kappa shape index (κ1) is 62.2. The van der Waals surface area contributed by atoms with Gasteiger partial charge in [0.05, 0.1) is 58.9 Å². The zero-order chi connectivity index (χ0) is 62.8. The van der Waals surface area contributed by atoms with Gasteiger partial charge in [-0.25, -0.2) is 0 Å². The standard InChI is InChI=1S/C66H64F6N12O6/c1-42-57(76-31-30-73-42)40-82-32-5-3-9-59(82)62(85)79-45-10-16-49(17-11-45)88-53-23-25-56(78-38-53)44-27-34-84(41-58-54(65(67,68)69)8-6-29-75-58)61(36-44)64(87)80-46-12-18-50(19-13-46)89-52-22-24-55(77-37-52)43-26-33-83(39-48-7-2-4-28-74-48)60(35-43)63(86)81-47-14-20-51(21-15-47)90-66(70,71)72/h2,4,6-8,10-25,28-31,37-38,43-44,59-61H,3,5,9,26-27,32-36,39-41H2,1H3,(H,79,85)(H,80,87)(H,81,86)/t43?,44?,59-,60-,61-/m1/s1.